The van der Waals surface area contributed by atoms with Gasteiger partial charge in [-0.2, -0.15) is 0 Å². The number of rotatable bonds is 1. The molecule has 0 aromatic rings. The molecule has 0 amide bonds. The number of nitrogens with one attached hydrogen (secondary N) is 1. The molecule has 0 aliphatic carbocycles. The van der Waals surface area contributed by atoms with Gasteiger partial charge in [0, 0.05) is 12.1 Å². The molecule has 60 valence electrons. The van der Waals surface area contributed by atoms with E-state index in [1.54, 1.807) is 0 Å². The van der Waals surface area contributed by atoms with E-state index in [4.69, 9.17) is 10.7 Å². The second kappa shape index (κ2) is 3.32. The zero-order chi connectivity index (χ0) is 7.56. The summed E-state index contributed by atoms with van der Waals surface area (Å²) in [7, 11) is 0. The molecule has 0 aromatic carbocycles. The van der Waals surface area contributed by atoms with Crippen molar-refractivity contribution in [2.45, 2.75) is 44.9 Å². The lowest BCUT2D eigenvalue weighted by atomic mass is 9.98. The fourth-order valence-corrected chi connectivity index (χ4v) is 1.62. The summed E-state index contributed by atoms with van der Waals surface area (Å²) in [5.41, 5.74) is 0. The zero-order valence-corrected chi connectivity index (χ0v) is 6.63. The van der Waals surface area contributed by atoms with Crippen molar-refractivity contribution in [3.63, 3.8) is 0 Å². The maximum atomic E-state index is 5.10. The summed E-state index contributed by atoms with van der Waals surface area (Å²) in [6.07, 6.45) is 2.31. The van der Waals surface area contributed by atoms with E-state index in [1.807, 2.05) is 0 Å². The molecule has 3 heteroatoms. The Morgan fingerprint density at radius 1 is 1.30 bits per heavy atom. The minimum Gasteiger partial charge on any atom is -0.312 e. The van der Waals surface area contributed by atoms with E-state index < -0.39 is 0 Å². The van der Waals surface area contributed by atoms with Crippen molar-refractivity contribution in [2.24, 2.45) is 5.90 Å². The Balaban J connectivity index is 2.35. The standard InChI is InChI=1S/C7H16N2O/c1-5-3-7(10-8)4-6(2)9-5/h5-7,9H,3-4,8H2,1-2H3/t5-,6+,7-. The van der Waals surface area contributed by atoms with E-state index in [9.17, 15) is 0 Å². The van der Waals surface area contributed by atoms with Crippen molar-refractivity contribution in [3.05, 3.63) is 0 Å². The first-order valence-electron chi connectivity index (χ1n) is 3.84. The zero-order valence-electron chi connectivity index (χ0n) is 6.63. The van der Waals surface area contributed by atoms with Gasteiger partial charge in [-0.3, -0.25) is 0 Å². The Morgan fingerprint density at radius 3 is 2.20 bits per heavy atom. The number of hydrogen-bond acceptors (Lipinski definition) is 3. The largest absolute Gasteiger partial charge is 0.312 e. The lowest BCUT2D eigenvalue weighted by Crippen LogP contribution is -2.45. The minimum atomic E-state index is 0.256. The molecule has 1 fully saturated rings. The molecule has 0 unspecified atom stereocenters. The van der Waals surface area contributed by atoms with Crippen LogP contribution >= 0.6 is 0 Å². The first kappa shape index (κ1) is 7.98. The number of hydrogen-bond donors (Lipinski definition) is 2. The lowest BCUT2D eigenvalue weighted by Gasteiger charge is -2.31. The second-order valence-corrected chi connectivity index (χ2v) is 3.20. The van der Waals surface area contributed by atoms with Gasteiger partial charge >= 0.3 is 0 Å². The molecular formula is C7H16N2O. The normalized spacial score (nSPS) is 41.7. The van der Waals surface area contributed by atoms with Gasteiger partial charge in [0.25, 0.3) is 0 Å². The van der Waals surface area contributed by atoms with Gasteiger partial charge in [0.05, 0.1) is 6.10 Å². The van der Waals surface area contributed by atoms with E-state index in [2.05, 4.69) is 19.2 Å². The molecule has 1 aliphatic heterocycles. The molecule has 0 saturated carbocycles. The van der Waals surface area contributed by atoms with E-state index in [0.29, 0.717) is 12.1 Å². The Labute approximate surface area is 61.9 Å². The second-order valence-electron chi connectivity index (χ2n) is 3.20. The summed E-state index contributed by atoms with van der Waals surface area (Å²) in [6, 6.07) is 1.08. The molecule has 1 rings (SSSR count). The number of nitrogens with two attached hydrogens (primary N) is 1. The molecular weight excluding hydrogens is 128 g/mol. The van der Waals surface area contributed by atoms with Crippen LogP contribution in [0.3, 0.4) is 0 Å². The molecule has 3 N–H and O–H groups in total. The molecule has 10 heavy (non-hydrogen) atoms. The number of piperidine rings is 1. The lowest BCUT2D eigenvalue weighted by molar-refractivity contribution is 0.0129. The van der Waals surface area contributed by atoms with Crippen molar-refractivity contribution in [2.75, 3.05) is 0 Å². The van der Waals surface area contributed by atoms with Gasteiger partial charge in [0.1, 0.15) is 0 Å². The third-order valence-corrected chi connectivity index (χ3v) is 1.99. The molecule has 0 aromatic heterocycles. The Bertz CT molecular complexity index is 97.8. The minimum absolute atomic E-state index is 0.256. The van der Waals surface area contributed by atoms with Crippen LogP contribution in [0.15, 0.2) is 0 Å². The predicted octanol–water partition coefficient (Wildman–Crippen LogP) is 0.406. The summed E-state index contributed by atoms with van der Waals surface area (Å²) in [5, 5.41) is 3.41. The molecule has 3 nitrogen and oxygen atoms in total. The highest BCUT2D eigenvalue weighted by Crippen LogP contribution is 2.14. The Hall–Kier alpha value is -0.120. The average molecular weight is 144 g/mol. The summed E-state index contributed by atoms with van der Waals surface area (Å²) < 4.78 is 0. The third kappa shape index (κ3) is 1.94. The van der Waals surface area contributed by atoms with Crippen LogP contribution in [0.5, 0.6) is 0 Å². The van der Waals surface area contributed by atoms with E-state index in [1.165, 1.54) is 0 Å². The fraction of sp³-hybridized carbons (Fsp3) is 1.00. The van der Waals surface area contributed by atoms with Crippen molar-refractivity contribution in [1.29, 1.82) is 0 Å². The van der Waals surface area contributed by atoms with Crippen molar-refractivity contribution < 1.29 is 4.84 Å². The third-order valence-electron chi connectivity index (χ3n) is 1.99. The molecule has 1 saturated heterocycles. The van der Waals surface area contributed by atoms with Crippen LogP contribution in [0.1, 0.15) is 26.7 Å². The maximum absolute atomic E-state index is 5.10. The van der Waals surface area contributed by atoms with Gasteiger partial charge < -0.3 is 10.2 Å². The highest BCUT2D eigenvalue weighted by atomic mass is 16.6. The van der Waals surface area contributed by atoms with Crippen molar-refractivity contribution in [3.8, 4) is 0 Å². The van der Waals surface area contributed by atoms with Crippen molar-refractivity contribution in [1.82, 2.24) is 5.32 Å². The monoisotopic (exact) mass is 144 g/mol. The summed E-state index contributed by atoms with van der Waals surface area (Å²) >= 11 is 0. The van der Waals surface area contributed by atoms with Gasteiger partial charge in [0.2, 0.25) is 0 Å². The van der Waals surface area contributed by atoms with Crippen LogP contribution in [-0.2, 0) is 4.84 Å². The Kier molecular flexibility index (Phi) is 2.65. The van der Waals surface area contributed by atoms with Crippen LogP contribution in [0, 0.1) is 0 Å². The molecule has 0 spiro atoms. The molecule has 1 aliphatic rings. The predicted molar refractivity (Wildman–Crippen MR) is 40.4 cm³/mol. The highest BCUT2D eigenvalue weighted by Gasteiger charge is 2.22. The Morgan fingerprint density at radius 2 is 1.80 bits per heavy atom. The van der Waals surface area contributed by atoms with E-state index >= 15 is 0 Å². The van der Waals surface area contributed by atoms with Crippen LogP contribution < -0.4 is 11.2 Å². The maximum Gasteiger partial charge on any atom is 0.0816 e. The molecule has 1 heterocycles. The van der Waals surface area contributed by atoms with Crippen LogP contribution in [-0.4, -0.2) is 18.2 Å². The van der Waals surface area contributed by atoms with Crippen molar-refractivity contribution >= 4 is 0 Å². The van der Waals surface area contributed by atoms with Crippen LogP contribution in [0.4, 0.5) is 0 Å². The van der Waals surface area contributed by atoms with Gasteiger partial charge in [-0.1, -0.05) is 0 Å². The van der Waals surface area contributed by atoms with Gasteiger partial charge in [-0.05, 0) is 26.7 Å². The van der Waals surface area contributed by atoms with Gasteiger partial charge in [-0.25, -0.2) is 5.90 Å². The molecule has 0 radical (unpaired) electrons. The first-order chi connectivity index (χ1) is 4.72. The summed E-state index contributed by atoms with van der Waals surface area (Å²) in [6.45, 7) is 4.31. The smallest absolute Gasteiger partial charge is 0.0816 e. The van der Waals surface area contributed by atoms with Gasteiger partial charge in [-0.15, -0.1) is 0 Å². The molecule has 0 bridgehead atoms. The van der Waals surface area contributed by atoms with Gasteiger partial charge in [0.15, 0.2) is 0 Å². The quantitative estimate of drug-likeness (QED) is 0.524. The SMILES string of the molecule is C[C@@H]1C[C@@H](ON)C[C@H](C)N1. The first-order valence-corrected chi connectivity index (χ1v) is 3.84. The molecule has 3 atom stereocenters. The average Bonchev–Trinajstić information content (AvgIpc) is 1.85. The van der Waals surface area contributed by atoms with E-state index in [-0.39, 0.29) is 6.10 Å². The fourth-order valence-electron chi connectivity index (χ4n) is 1.62. The van der Waals surface area contributed by atoms with Crippen LogP contribution in [0.2, 0.25) is 0 Å². The summed E-state index contributed by atoms with van der Waals surface area (Å²) in [4.78, 5) is 4.79. The van der Waals surface area contributed by atoms with E-state index in [0.717, 1.165) is 12.8 Å². The highest BCUT2D eigenvalue weighted by molar-refractivity contribution is 4.80. The summed E-state index contributed by atoms with van der Waals surface area (Å²) in [5.74, 6) is 5.10. The topological polar surface area (TPSA) is 47.3 Å². The van der Waals surface area contributed by atoms with Crippen LogP contribution in [0.25, 0.3) is 0 Å².